The summed E-state index contributed by atoms with van der Waals surface area (Å²) in [6.07, 6.45) is 2.25. The Bertz CT molecular complexity index is 498. The minimum absolute atomic E-state index is 0.0415. The van der Waals surface area contributed by atoms with Crippen molar-refractivity contribution in [1.82, 2.24) is 20.2 Å². The third kappa shape index (κ3) is 5.55. The maximum Gasteiger partial charge on any atom is 0.317 e. The quantitative estimate of drug-likeness (QED) is 0.810. The normalized spacial score (nSPS) is 15.6. The summed E-state index contributed by atoms with van der Waals surface area (Å²) >= 11 is 0. The van der Waals surface area contributed by atoms with Gasteiger partial charge in [-0.2, -0.15) is 0 Å². The van der Waals surface area contributed by atoms with E-state index in [1.54, 1.807) is 18.5 Å². The summed E-state index contributed by atoms with van der Waals surface area (Å²) in [6.45, 7) is 1.20. The number of methoxy groups -OCH3 is 1. The lowest BCUT2D eigenvalue weighted by atomic mass is 10.1. The standard InChI is InChI=1S/C15H23F2N5O2/c1-24-10-9-22(11-13(16)17)15(23)20-12-3-7-21(8-4-12)14-18-5-2-6-19-14/h2,5-6,12-13H,3-4,7-11H2,1H3,(H,20,23). The van der Waals surface area contributed by atoms with E-state index in [9.17, 15) is 13.6 Å². The van der Waals surface area contributed by atoms with Crippen LogP contribution in [0.2, 0.25) is 0 Å². The van der Waals surface area contributed by atoms with Gasteiger partial charge in [-0.25, -0.2) is 23.5 Å². The van der Waals surface area contributed by atoms with Crippen LogP contribution in [-0.4, -0.2) is 73.3 Å². The van der Waals surface area contributed by atoms with E-state index in [1.807, 2.05) is 4.90 Å². The van der Waals surface area contributed by atoms with Gasteiger partial charge in [-0.15, -0.1) is 0 Å². The average molecular weight is 343 g/mol. The molecule has 2 amide bonds. The minimum Gasteiger partial charge on any atom is -0.383 e. The number of ether oxygens (including phenoxy) is 1. The van der Waals surface area contributed by atoms with Gasteiger partial charge in [0.2, 0.25) is 5.95 Å². The van der Waals surface area contributed by atoms with Crippen LogP contribution < -0.4 is 10.2 Å². The lowest BCUT2D eigenvalue weighted by Crippen LogP contribution is -2.51. The second kappa shape index (κ2) is 9.31. The first-order valence-corrected chi connectivity index (χ1v) is 7.94. The van der Waals surface area contributed by atoms with E-state index < -0.39 is 19.0 Å². The number of nitrogens with zero attached hydrogens (tertiary/aromatic N) is 4. The molecule has 2 rings (SSSR count). The first-order valence-electron chi connectivity index (χ1n) is 7.94. The Morgan fingerprint density at radius 1 is 1.42 bits per heavy atom. The number of carbonyl (C=O) groups is 1. The first-order chi connectivity index (χ1) is 11.6. The highest BCUT2D eigenvalue weighted by Crippen LogP contribution is 2.15. The third-order valence-corrected chi connectivity index (χ3v) is 3.87. The second-order valence-corrected chi connectivity index (χ2v) is 5.59. The second-order valence-electron chi connectivity index (χ2n) is 5.59. The smallest absolute Gasteiger partial charge is 0.317 e. The number of hydrogen-bond donors (Lipinski definition) is 1. The van der Waals surface area contributed by atoms with Gasteiger partial charge in [0, 0.05) is 45.2 Å². The van der Waals surface area contributed by atoms with Gasteiger partial charge in [-0.3, -0.25) is 0 Å². The van der Waals surface area contributed by atoms with Crippen molar-refractivity contribution in [2.75, 3.05) is 44.8 Å². The van der Waals surface area contributed by atoms with Crippen molar-refractivity contribution in [3.63, 3.8) is 0 Å². The van der Waals surface area contributed by atoms with Crippen molar-refractivity contribution in [2.24, 2.45) is 0 Å². The summed E-state index contributed by atoms with van der Waals surface area (Å²) in [7, 11) is 1.47. The summed E-state index contributed by atoms with van der Waals surface area (Å²) in [5, 5.41) is 2.84. The van der Waals surface area contributed by atoms with Gasteiger partial charge in [0.05, 0.1) is 13.2 Å². The van der Waals surface area contributed by atoms with Crippen LogP contribution in [0.4, 0.5) is 19.5 Å². The van der Waals surface area contributed by atoms with Gasteiger partial charge in [0.1, 0.15) is 0 Å². The van der Waals surface area contributed by atoms with Crippen molar-refractivity contribution >= 4 is 12.0 Å². The fourth-order valence-electron chi connectivity index (χ4n) is 2.59. The molecule has 0 unspecified atom stereocenters. The first kappa shape index (κ1) is 18.3. The fraction of sp³-hybridized carbons (Fsp3) is 0.667. The number of piperidine rings is 1. The fourth-order valence-corrected chi connectivity index (χ4v) is 2.59. The largest absolute Gasteiger partial charge is 0.383 e. The predicted octanol–water partition coefficient (Wildman–Crippen LogP) is 1.37. The van der Waals surface area contributed by atoms with Crippen LogP contribution in [0.5, 0.6) is 0 Å². The molecule has 1 aliphatic rings. The summed E-state index contributed by atoms with van der Waals surface area (Å²) < 4.78 is 30.1. The van der Waals surface area contributed by atoms with E-state index in [-0.39, 0.29) is 19.2 Å². The molecule has 1 aromatic heterocycles. The highest BCUT2D eigenvalue weighted by Gasteiger charge is 2.25. The maximum absolute atomic E-state index is 12.6. The molecule has 0 aliphatic carbocycles. The van der Waals surface area contributed by atoms with Crippen molar-refractivity contribution in [3.8, 4) is 0 Å². The molecule has 2 heterocycles. The van der Waals surface area contributed by atoms with Crippen molar-refractivity contribution in [3.05, 3.63) is 18.5 Å². The Labute approximate surface area is 140 Å². The van der Waals surface area contributed by atoms with Gasteiger partial charge < -0.3 is 19.9 Å². The Hall–Kier alpha value is -2.03. The Kier molecular flexibility index (Phi) is 7.10. The molecule has 1 saturated heterocycles. The average Bonchev–Trinajstić information content (AvgIpc) is 2.59. The Balaban J connectivity index is 1.81. The molecule has 134 valence electrons. The SMILES string of the molecule is COCCN(CC(F)F)C(=O)NC1CCN(c2ncccn2)CC1. The lowest BCUT2D eigenvalue weighted by molar-refractivity contribution is 0.0823. The van der Waals surface area contributed by atoms with Crippen LogP contribution >= 0.6 is 0 Å². The Morgan fingerprint density at radius 2 is 2.08 bits per heavy atom. The molecular formula is C15H23F2N5O2. The zero-order valence-corrected chi connectivity index (χ0v) is 13.7. The van der Waals surface area contributed by atoms with E-state index in [4.69, 9.17) is 4.74 Å². The molecule has 0 aromatic carbocycles. The van der Waals surface area contributed by atoms with E-state index in [1.165, 1.54) is 7.11 Å². The highest BCUT2D eigenvalue weighted by molar-refractivity contribution is 5.74. The number of amides is 2. The van der Waals surface area contributed by atoms with Gasteiger partial charge in [0.15, 0.2) is 0 Å². The molecule has 9 heteroatoms. The molecule has 7 nitrogen and oxygen atoms in total. The summed E-state index contributed by atoms with van der Waals surface area (Å²) in [5.41, 5.74) is 0. The van der Waals surface area contributed by atoms with Gasteiger partial charge in [-0.1, -0.05) is 0 Å². The summed E-state index contributed by atoms with van der Waals surface area (Å²) in [5.74, 6) is 0.668. The number of alkyl halides is 2. The molecule has 0 radical (unpaired) electrons. The van der Waals surface area contributed by atoms with Gasteiger partial charge in [-0.05, 0) is 18.9 Å². The van der Waals surface area contributed by atoms with Gasteiger partial charge in [0.25, 0.3) is 6.43 Å². The molecule has 0 spiro atoms. The number of halogens is 2. The maximum atomic E-state index is 12.6. The summed E-state index contributed by atoms with van der Waals surface area (Å²) in [6, 6.07) is 1.25. The van der Waals surface area contributed by atoms with Crippen LogP contribution in [0.25, 0.3) is 0 Å². The molecule has 1 aromatic rings. The number of nitrogens with one attached hydrogen (secondary N) is 1. The number of anilines is 1. The molecule has 1 fully saturated rings. The molecule has 0 atom stereocenters. The van der Waals surface area contributed by atoms with Crippen LogP contribution in [0, 0.1) is 0 Å². The molecule has 24 heavy (non-hydrogen) atoms. The molecular weight excluding hydrogens is 320 g/mol. The number of aromatic nitrogens is 2. The van der Waals surface area contributed by atoms with Crippen molar-refractivity contribution < 1.29 is 18.3 Å². The zero-order valence-electron chi connectivity index (χ0n) is 13.7. The molecule has 1 aliphatic heterocycles. The highest BCUT2D eigenvalue weighted by atomic mass is 19.3. The lowest BCUT2D eigenvalue weighted by Gasteiger charge is -2.33. The monoisotopic (exact) mass is 343 g/mol. The number of urea groups is 1. The predicted molar refractivity (Wildman–Crippen MR) is 85.3 cm³/mol. The number of hydrogen-bond acceptors (Lipinski definition) is 5. The van der Waals surface area contributed by atoms with Crippen molar-refractivity contribution in [2.45, 2.75) is 25.3 Å². The van der Waals surface area contributed by atoms with Crippen LogP contribution in [0.1, 0.15) is 12.8 Å². The summed E-state index contributed by atoms with van der Waals surface area (Å²) in [4.78, 5) is 23.7. The zero-order chi connectivity index (χ0) is 17.4. The Morgan fingerprint density at radius 3 is 2.67 bits per heavy atom. The van der Waals surface area contributed by atoms with E-state index in [0.717, 1.165) is 17.7 Å². The van der Waals surface area contributed by atoms with Gasteiger partial charge >= 0.3 is 6.03 Å². The van der Waals surface area contributed by atoms with E-state index in [0.29, 0.717) is 19.0 Å². The van der Waals surface area contributed by atoms with Crippen LogP contribution in [-0.2, 0) is 4.74 Å². The third-order valence-electron chi connectivity index (χ3n) is 3.87. The molecule has 0 saturated carbocycles. The number of carbonyl (C=O) groups excluding carboxylic acids is 1. The topological polar surface area (TPSA) is 70.6 Å². The van der Waals surface area contributed by atoms with Crippen molar-refractivity contribution in [1.29, 1.82) is 0 Å². The number of rotatable bonds is 7. The molecule has 0 bridgehead atoms. The van der Waals surface area contributed by atoms with E-state index in [2.05, 4.69) is 15.3 Å². The van der Waals surface area contributed by atoms with E-state index >= 15 is 0 Å². The van der Waals surface area contributed by atoms with Crippen LogP contribution in [0.3, 0.4) is 0 Å². The molecule has 1 N–H and O–H groups in total. The van der Waals surface area contributed by atoms with Crippen LogP contribution in [0.15, 0.2) is 18.5 Å². The minimum atomic E-state index is -2.57.